The average Bonchev–Trinajstić information content (AvgIpc) is 2.69. The molecule has 158 valence electrons. The summed E-state index contributed by atoms with van der Waals surface area (Å²) in [6.07, 6.45) is 3.68. The number of carbonyl (C=O) groups excluding carboxylic acids is 2. The van der Waals surface area contributed by atoms with E-state index in [9.17, 15) is 9.59 Å². The fourth-order valence-corrected chi connectivity index (χ4v) is 5.04. The molecule has 0 spiro atoms. The van der Waals surface area contributed by atoms with Gasteiger partial charge in [0.1, 0.15) is 0 Å². The molecule has 0 aliphatic heterocycles. The van der Waals surface area contributed by atoms with E-state index in [0.717, 1.165) is 25.7 Å². The summed E-state index contributed by atoms with van der Waals surface area (Å²) in [7, 11) is 0. The number of benzene rings is 1. The van der Waals surface area contributed by atoms with Crippen molar-refractivity contribution in [2.75, 3.05) is 13.2 Å². The minimum atomic E-state index is -0.554. The molecule has 1 rings (SSSR count). The van der Waals surface area contributed by atoms with Crippen LogP contribution in [-0.4, -0.2) is 25.2 Å². The maximum Gasteiger partial charge on any atom is 0.340 e. The van der Waals surface area contributed by atoms with Crippen molar-refractivity contribution in [3.05, 3.63) is 29.0 Å². The van der Waals surface area contributed by atoms with Gasteiger partial charge >= 0.3 is 11.9 Å². The van der Waals surface area contributed by atoms with Crippen LogP contribution in [0.15, 0.2) is 17.9 Å². The predicted molar refractivity (Wildman–Crippen MR) is 126 cm³/mol. The third kappa shape index (κ3) is 6.54. The van der Waals surface area contributed by atoms with Crippen LogP contribution in [0.5, 0.6) is 0 Å². The lowest BCUT2D eigenvalue weighted by atomic mass is 10.0. The molecule has 8 heteroatoms. The molecule has 0 unspecified atom stereocenters. The van der Waals surface area contributed by atoms with Gasteiger partial charge in [0.25, 0.3) is 0 Å². The molecule has 0 saturated carbocycles. The Morgan fingerprint density at radius 2 is 0.929 bits per heavy atom. The summed E-state index contributed by atoms with van der Waals surface area (Å²) < 4.78 is 13.2. The van der Waals surface area contributed by atoms with E-state index in [1.165, 1.54) is 0 Å². The van der Waals surface area contributed by atoms with Crippen LogP contribution in [0, 0.1) is 11.8 Å². The molecule has 0 aliphatic carbocycles. The molecule has 0 heterocycles. The van der Waals surface area contributed by atoms with Gasteiger partial charge in [-0.25, -0.2) is 9.59 Å². The average molecular weight is 650 g/mol. The smallest absolute Gasteiger partial charge is 0.340 e. The number of hydrogen-bond donors (Lipinski definition) is 0. The van der Waals surface area contributed by atoms with Gasteiger partial charge in [-0.3, -0.25) is 0 Å². The van der Waals surface area contributed by atoms with Gasteiger partial charge in [-0.05, 0) is 75.6 Å². The van der Waals surface area contributed by atoms with Crippen molar-refractivity contribution in [3.63, 3.8) is 0 Å². The van der Waals surface area contributed by atoms with E-state index in [1.807, 2.05) is 0 Å². The van der Waals surface area contributed by atoms with Crippen LogP contribution in [-0.2, 0) is 9.47 Å². The third-order valence-corrected chi connectivity index (χ3v) is 9.65. The molecule has 0 bridgehead atoms. The van der Waals surface area contributed by atoms with Gasteiger partial charge in [-0.1, -0.05) is 53.4 Å². The number of esters is 2. The van der Waals surface area contributed by atoms with E-state index in [1.54, 1.807) is 0 Å². The zero-order valence-corrected chi connectivity index (χ0v) is 22.9. The van der Waals surface area contributed by atoms with Crippen LogP contribution < -0.4 is 0 Å². The van der Waals surface area contributed by atoms with Crippen LogP contribution in [0.2, 0.25) is 0 Å². The zero-order valence-electron chi connectivity index (χ0n) is 16.5. The second-order valence-corrected chi connectivity index (χ2v) is 9.74. The highest BCUT2D eigenvalue weighted by molar-refractivity contribution is 9.15. The SMILES string of the molecule is CCC(CC)COC(=O)c1c(Br)c(Br)c(Br)c(Br)c1C(=O)OCC(CC)CC. The Kier molecular flexibility index (Phi) is 11.8. The number of hydrogen-bond acceptors (Lipinski definition) is 4. The van der Waals surface area contributed by atoms with Crippen molar-refractivity contribution >= 4 is 75.7 Å². The van der Waals surface area contributed by atoms with Gasteiger partial charge in [0.05, 0.1) is 24.3 Å². The fraction of sp³-hybridized carbons (Fsp3) is 0.600. The van der Waals surface area contributed by atoms with Crippen molar-refractivity contribution in [2.24, 2.45) is 11.8 Å². The molecule has 28 heavy (non-hydrogen) atoms. The molecule has 0 amide bonds. The van der Waals surface area contributed by atoms with Crippen molar-refractivity contribution in [1.29, 1.82) is 0 Å². The molecule has 0 saturated heterocycles. The first-order valence-electron chi connectivity index (χ1n) is 9.43. The minimum absolute atomic E-state index is 0.155. The highest BCUT2D eigenvalue weighted by atomic mass is 79.9. The molecule has 1 aromatic rings. The lowest BCUT2D eigenvalue weighted by Gasteiger charge is -2.19. The summed E-state index contributed by atoms with van der Waals surface area (Å²) in [6.45, 7) is 8.87. The fourth-order valence-electron chi connectivity index (χ4n) is 2.60. The molecule has 4 nitrogen and oxygen atoms in total. The maximum absolute atomic E-state index is 12.9. The summed E-state index contributed by atoms with van der Waals surface area (Å²) in [4.78, 5) is 25.8. The van der Waals surface area contributed by atoms with E-state index in [4.69, 9.17) is 9.47 Å². The van der Waals surface area contributed by atoms with Crippen molar-refractivity contribution in [1.82, 2.24) is 0 Å². The number of rotatable bonds is 10. The number of halogens is 4. The van der Waals surface area contributed by atoms with Crippen LogP contribution >= 0.6 is 63.7 Å². The van der Waals surface area contributed by atoms with Gasteiger partial charge in [0, 0.05) is 17.9 Å². The normalized spacial score (nSPS) is 11.2. The summed E-state index contributed by atoms with van der Waals surface area (Å²) in [6, 6.07) is 0. The Bertz CT molecular complexity index is 639. The molecule has 0 aromatic heterocycles. The number of ether oxygens (including phenoxy) is 2. The van der Waals surface area contributed by atoms with E-state index < -0.39 is 11.9 Å². The predicted octanol–water partition coefficient (Wildman–Crippen LogP) is 7.92. The van der Waals surface area contributed by atoms with Gasteiger partial charge in [0.2, 0.25) is 0 Å². The Labute approximate surface area is 201 Å². The second kappa shape index (κ2) is 12.7. The summed E-state index contributed by atoms with van der Waals surface area (Å²) in [5, 5.41) is 0. The van der Waals surface area contributed by atoms with Crippen LogP contribution in [0.25, 0.3) is 0 Å². The quantitative estimate of drug-likeness (QED) is 0.147. The first-order chi connectivity index (χ1) is 13.2. The molecule has 0 fully saturated rings. The monoisotopic (exact) mass is 646 g/mol. The second-order valence-electron chi connectivity index (χ2n) is 6.57. The molecule has 0 radical (unpaired) electrons. The van der Waals surface area contributed by atoms with Crippen molar-refractivity contribution < 1.29 is 19.1 Å². The molecule has 0 N–H and O–H groups in total. The lowest BCUT2D eigenvalue weighted by molar-refractivity contribution is 0.0384. The molecular weight excluding hydrogens is 624 g/mol. The largest absolute Gasteiger partial charge is 0.462 e. The topological polar surface area (TPSA) is 52.6 Å². The van der Waals surface area contributed by atoms with E-state index in [-0.39, 0.29) is 23.0 Å². The van der Waals surface area contributed by atoms with Crippen LogP contribution in [0.1, 0.15) is 74.1 Å². The molecule has 0 aliphatic rings. The van der Waals surface area contributed by atoms with E-state index >= 15 is 0 Å². The molecule has 0 atom stereocenters. The van der Waals surface area contributed by atoms with Gasteiger partial charge in [-0.2, -0.15) is 0 Å². The van der Waals surface area contributed by atoms with Gasteiger partial charge < -0.3 is 9.47 Å². The third-order valence-electron chi connectivity index (χ3n) is 4.89. The Balaban J connectivity index is 3.27. The first kappa shape index (κ1) is 26.1. The Morgan fingerprint density at radius 1 is 0.643 bits per heavy atom. The highest BCUT2D eigenvalue weighted by Gasteiger charge is 2.30. The van der Waals surface area contributed by atoms with Gasteiger partial charge in [-0.15, -0.1) is 0 Å². The minimum Gasteiger partial charge on any atom is -0.462 e. The zero-order chi connectivity index (χ0) is 21.4. The summed E-state index contributed by atoms with van der Waals surface area (Å²) in [5.74, 6) is -0.532. The van der Waals surface area contributed by atoms with Crippen molar-refractivity contribution in [2.45, 2.75) is 53.4 Å². The van der Waals surface area contributed by atoms with Gasteiger partial charge in [0.15, 0.2) is 0 Å². The van der Waals surface area contributed by atoms with E-state index in [0.29, 0.717) is 31.1 Å². The van der Waals surface area contributed by atoms with Crippen molar-refractivity contribution in [3.8, 4) is 0 Å². The molecule has 1 aromatic carbocycles. The molecular formula is C20H26Br4O4. The van der Waals surface area contributed by atoms with E-state index in [2.05, 4.69) is 91.4 Å². The number of carbonyl (C=O) groups is 2. The van der Waals surface area contributed by atoms with Crippen LogP contribution in [0.3, 0.4) is 0 Å². The first-order valence-corrected chi connectivity index (χ1v) is 12.6. The summed E-state index contributed by atoms with van der Waals surface area (Å²) in [5.41, 5.74) is 0.310. The Morgan fingerprint density at radius 3 is 1.18 bits per heavy atom. The highest BCUT2D eigenvalue weighted by Crippen LogP contribution is 2.42. The summed E-state index contributed by atoms with van der Waals surface area (Å²) >= 11 is 13.7. The maximum atomic E-state index is 12.9. The Hall–Kier alpha value is 0.0800. The standard InChI is InChI=1S/C20H26Br4O4/c1-5-11(6-2)9-27-19(25)13-14(16(22)18(24)17(23)15(13)21)20(26)28-10-12(7-3)8-4/h11-12H,5-10H2,1-4H3. The lowest BCUT2D eigenvalue weighted by Crippen LogP contribution is -2.20. The van der Waals surface area contributed by atoms with Crippen LogP contribution in [0.4, 0.5) is 0 Å².